The van der Waals surface area contributed by atoms with Gasteiger partial charge in [-0.05, 0) is 37.5 Å². The number of rotatable bonds is 21. The highest BCUT2D eigenvalue weighted by Gasteiger charge is 2.22. The van der Waals surface area contributed by atoms with Crippen LogP contribution in [-0.4, -0.2) is 43.8 Å². The smallest absolute Gasteiger partial charge is 0.361 e. The lowest BCUT2D eigenvalue weighted by atomic mass is 10.0. The second-order valence-corrected chi connectivity index (χ2v) is 11.6. The van der Waals surface area contributed by atoms with Crippen molar-refractivity contribution in [2.24, 2.45) is 0 Å². The minimum absolute atomic E-state index is 0.189. The molecule has 1 unspecified atom stereocenters. The van der Waals surface area contributed by atoms with Gasteiger partial charge in [0.25, 0.3) is 0 Å². The van der Waals surface area contributed by atoms with Crippen LogP contribution in [0.25, 0.3) is 0 Å². The molecule has 2 rings (SSSR count). The van der Waals surface area contributed by atoms with Gasteiger partial charge in [-0.1, -0.05) is 120 Å². The van der Waals surface area contributed by atoms with E-state index in [0.717, 1.165) is 18.7 Å². The average molecular weight is 525 g/mol. The molecule has 0 radical (unpaired) electrons. The predicted octanol–water partition coefficient (Wildman–Crippen LogP) is 8.52. The normalized spacial score (nSPS) is 12.3. The molecule has 0 spiro atoms. The summed E-state index contributed by atoms with van der Waals surface area (Å²) in [4.78, 5) is 12.5. The van der Waals surface area contributed by atoms with Crippen molar-refractivity contribution < 1.29 is 18.8 Å². The van der Waals surface area contributed by atoms with Crippen molar-refractivity contribution in [2.45, 2.75) is 110 Å². The van der Waals surface area contributed by atoms with E-state index < -0.39 is 0 Å². The highest BCUT2D eigenvalue weighted by atomic mass is 16.6. The van der Waals surface area contributed by atoms with E-state index in [2.05, 4.69) is 51.4 Å². The molecule has 0 N–H and O–H groups in total. The van der Waals surface area contributed by atoms with Crippen LogP contribution in [0, 0.1) is 0 Å². The Morgan fingerprint density at radius 1 is 0.763 bits per heavy atom. The zero-order valence-electron chi connectivity index (χ0n) is 24.8. The largest absolute Gasteiger partial charge is 0.487 e. The SMILES string of the molecule is CCCCCCCCCCCCCCc1cccc(OC(C)COC(=O)C[N+](C)(C)Cc2ccccc2)c1. The molecule has 0 amide bonds. The van der Waals surface area contributed by atoms with Crippen LogP contribution >= 0.6 is 0 Å². The number of carbonyl (C=O) groups excluding carboxylic acids is 1. The predicted molar refractivity (Wildman–Crippen MR) is 159 cm³/mol. The highest BCUT2D eigenvalue weighted by molar-refractivity contribution is 5.70. The Morgan fingerprint density at radius 2 is 1.34 bits per heavy atom. The van der Waals surface area contributed by atoms with Crippen LogP contribution in [0.3, 0.4) is 0 Å². The number of likely N-dealkylation sites (N-methyl/N-ethyl adjacent to an activating group) is 1. The van der Waals surface area contributed by atoms with Crippen LogP contribution in [0.1, 0.15) is 102 Å². The molecular formula is C34H54NO3+. The molecule has 212 valence electrons. The number of nitrogens with zero attached hydrogens (tertiary/aromatic N) is 1. The van der Waals surface area contributed by atoms with Gasteiger partial charge in [0.15, 0.2) is 6.54 Å². The number of unbranched alkanes of at least 4 members (excludes halogenated alkanes) is 11. The molecule has 0 aromatic heterocycles. The summed E-state index contributed by atoms with van der Waals surface area (Å²) >= 11 is 0. The third-order valence-corrected chi connectivity index (χ3v) is 7.04. The summed E-state index contributed by atoms with van der Waals surface area (Å²) in [6, 6.07) is 18.6. The van der Waals surface area contributed by atoms with Gasteiger partial charge < -0.3 is 14.0 Å². The minimum Gasteiger partial charge on any atom is -0.487 e. The Kier molecular flexibility index (Phi) is 15.8. The molecule has 4 nitrogen and oxygen atoms in total. The summed E-state index contributed by atoms with van der Waals surface area (Å²) in [5.41, 5.74) is 2.53. The molecular weight excluding hydrogens is 470 g/mol. The van der Waals surface area contributed by atoms with Gasteiger partial charge in [-0.25, -0.2) is 4.79 Å². The number of carbonyl (C=O) groups is 1. The fourth-order valence-electron chi connectivity index (χ4n) is 4.95. The molecule has 38 heavy (non-hydrogen) atoms. The third-order valence-electron chi connectivity index (χ3n) is 7.04. The third kappa shape index (κ3) is 15.2. The lowest BCUT2D eigenvalue weighted by Crippen LogP contribution is -2.44. The van der Waals surface area contributed by atoms with Gasteiger partial charge in [0.2, 0.25) is 0 Å². The van der Waals surface area contributed by atoms with Gasteiger partial charge in [0.05, 0.1) is 14.1 Å². The van der Waals surface area contributed by atoms with Gasteiger partial charge in [-0.3, -0.25) is 0 Å². The molecule has 2 aromatic carbocycles. The van der Waals surface area contributed by atoms with Crippen molar-refractivity contribution in [1.29, 1.82) is 0 Å². The van der Waals surface area contributed by atoms with E-state index in [1.807, 2.05) is 31.2 Å². The lowest BCUT2D eigenvalue weighted by Gasteiger charge is -2.28. The van der Waals surface area contributed by atoms with Crippen LogP contribution < -0.4 is 4.74 Å². The fourth-order valence-corrected chi connectivity index (χ4v) is 4.95. The first-order valence-electron chi connectivity index (χ1n) is 15.1. The number of esters is 1. The van der Waals surface area contributed by atoms with E-state index in [1.54, 1.807) is 0 Å². The summed E-state index contributed by atoms with van der Waals surface area (Å²) in [6.45, 7) is 5.61. The van der Waals surface area contributed by atoms with E-state index >= 15 is 0 Å². The molecule has 2 aromatic rings. The number of hydrogen-bond donors (Lipinski definition) is 0. The summed E-state index contributed by atoms with van der Waals surface area (Å²) in [5, 5.41) is 0. The Balaban J connectivity index is 1.57. The zero-order chi connectivity index (χ0) is 27.5. The van der Waals surface area contributed by atoms with Crippen molar-refractivity contribution in [3.05, 3.63) is 65.7 Å². The maximum Gasteiger partial charge on any atom is 0.361 e. The van der Waals surface area contributed by atoms with Crippen molar-refractivity contribution in [1.82, 2.24) is 0 Å². The van der Waals surface area contributed by atoms with E-state index in [0.29, 0.717) is 11.0 Å². The maximum atomic E-state index is 12.5. The van der Waals surface area contributed by atoms with Gasteiger partial charge in [0.1, 0.15) is 25.0 Å². The molecule has 1 atom stereocenters. The number of quaternary nitrogens is 1. The molecule has 0 heterocycles. The lowest BCUT2D eigenvalue weighted by molar-refractivity contribution is -0.896. The van der Waals surface area contributed by atoms with Crippen molar-refractivity contribution in [3.8, 4) is 5.75 Å². The first-order valence-corrected chi connectivity index (χ1v) is 15.1. The van der Waals surface area contributed by atoms with Crippen molar-refractivity contribution >= 4 is 5.97 Å². The average Bonchev–Trinajstić information content (AvgIpc) is 2.88. The van der Waals surface area contributed by atoms with Gasteiger partial charge in [-0.2, -0.15) is 0 Å². The van der Waals surface area contributed by atoms with Gasteiger partial charge >= 0.3 is 5.97 Å². The quantitative estimate of drug-likeness (QED) is 0.0932. The molecule has 4 heteroatoms. The monoisotopic (exact) mass is 524 g/mol. The summed E-state index contributed by atoms with van der Waals surface area (Å²) in [6.07, 6.45) is 17.4. The molecule has 0 aliphatic rings. The van der Waals surface area contributed by atoms with Gasteiger partial charge in [0, 0.05) is 5.56 Å². The van der Waals surface area contributed by atoms with E-state index in [4.69, 9.17) is 9.47 Å². The fraction of sp³-hybridized carbons (Fsp3) is 0.618. The molecule has 0 saturated heterocycles. The summed E-state index contributed by atoms with van der Waals surface area (Å²) in [7, 11) is 4.10. The van der Waals surface area contributed by atoms with Crippen LogP contribution in [0.5, 0.6) is 5.75 Å². The van der Waals surface area contributed by atoms with Crippen LogP contribution in [0.2, 0.25) is 0 Å². The van der Waals surface area contributed by atoms with Crippen LogP contribution in [0.15, 0.2) is 54.6 Å². The highest BCUT2D eigenvalue weighted by Crippen LogP contribution is 2.18. The molecule has 0 aliphatic carbocycles. The van der Waals surface area contributed by atoms with E-state index in [1.165, 1.54) is 88.2 Å². The van der Waals surface area contributed by atoms with Crippen molar-refractivity contribution in [3.63, 3.8) is 0 Å². The zero-order valence-corrected chi connectivity index (χ0v) is 24.8. The number of aryl methyl sites for hydroxylation is 1. The van der Waals surface area contributed by atoms with Gasteiger partial charge in [-0.15, -0.1) is 0 Å². The minimum atomic E-state index is -0.192. The molecule has 0 saturated carbocycles. The maximum absolute atomic E-state index is 12.5. The van der Waals surface area contributed by atoms with Crippen LogP contribution in [0.4, 0.5) is 0 Å². The second-order valence-electron chi connectivity index (χ2n) is 11.6. The summed E-state index contributed by atoms with van der Waals surface area (Å²) in [5.74, 6) is 0.660. The number of benzene rings is 2. The Hall–Kier alpha value is -2.33. The number of hydrogen-bond acceptors (Lipinski definition) is 3. The topological polar surface area (TPSA) is 35.5 Å². The Labute approximate surface area is 233 Å². The molecule has 0 aliphatic heterocycles. The Bertz CT molecular complexity index is 880. The molecule has 0 fully saturated rings. The standard InChI is InChI=1S/C34H54NO3/c1-5-6-7-8-9-10-11-12-13-14-15-17-21-31-24-20-25-33(26-31)38-30(2)29-37-34(36)28-35(3,4)27-32-22-18-16-19-23-32/h16,18-20,22-26,30H,5-15,17,21,27-29H2,1-4H3/q+1. The van der Waals surface area contributed by atoms with E-state index in [-0.39, 0.29) is 18.7 Å². The first-order chi connectivity index (χ1) is 18.4. The van der Waals surface area contributed by atoms with E-state index in [9.17, 15) is 4.79 Å². The number of ether oxygens (including phenoxy) is 2. The second kappa shape index (κ2) is 18.8. The van der Waals surface area contributed by atoms with Crippen molar-refractivity contribution in [2.75, 3.05) is 27.2 Å². The Morgan fingerprint density at radius 3 is 1.97 bits per heavy atom. The first kappa shape index (κ1) is 31.9. The summed E-state index contributed by atoms with van der Waals surface area (Å²) < 4.78 is 12.2. The molecule has 0 bridgehead atoms. The van der Waals surface area contributed by atoms with Crippen LogP contribution in [-0.2, 0) is 22.5 Å².